The number of hydrogen-bond acceptors (Lipinski definition) is 6. The summed E-state index contributed by atoms with van der Waals surface area (Å²) in [6.07, 6.45) is 6.41. The normalized spacial score (nSPS) is 14.7. The Bertz CT molecular complexity index is 1100. The van der Waals surface area contributed by atoms with Gasteiger partial charge in [0.1, 0.15) is 11.2 Å². The Morgan fingerprint density at radius 1 is 1.15 bits per heavy atom. The minimum atomic E-state index is 0.493. The lowest BCUT2D eigenvalue weighted by Crippen LogP contribution is -2.16. The highest BCUT2D eigenvalue weighted by molar-refractivity contribution is 5.99. The van der Waals surface area contributed by atoms with E-state index in [0.717, 1.165) is 40.1 Å². The average molecular weight is 345 g/mol. The van der Waals surface area contributed by atoms with Gasteiger partial charge in [0, 0.05) is 29.3 Å². The Kier molecular flexibility index (Phi) is 3.53. The van der Waals surface area contributed by atoms with Crippen LogP contribution < -0.4 is 5.48 Å². The molecule has 3 heterocycles. The van der Waals surface area contributed by atoms with E-state index < -0.39 is 0 Å². The van der Waals surface area contributed by atoms with Crippen LogP contribution in [0.15, 0.2) is 42.6 Å². The maximum Gasteiger partial charge on any atom is 0.187 e. The molecule has 0 saturated heterocycles. The van der Waals surface area contributed by atoms with Crippen LogP contribution in [-0.2, 0) is 6.42 Å². The van der Waals surface area contributed by atoms with Crippen molar-refractivity contribution in [1.82, 2.24) is 24.8 Å². The van der Waals surface area contributed by atoms with Crippen LogP contribution in [0.5, 0.6) is 0 Å². The first-order valence-electron chi connectivity index (χ1n) is 8.81. The van der Waals surface area contributed by atoms with Gasteiger partial charge in [0.15, 0.2) is 11.5 Å². The summed E-state index contributed by atoms with van der Waals surface area (Å²) in [4.78, 5) is 4.52. The van der Waals surface area contributed by atoms with Gasteiger partial charge in [0.25, 0.3) is 0 Å². The van der Waals surface area contributed by atoms with Gasteiger partial charge in [-0.25, -0.2) is 0 Å². The van der Waals surface area contributed by atoms with E-state index in [-0.39, 0.29) is 0 Å². The highest BCUT2D eigenvalue weighted by atomic mass is 16.5. The summed E-state index contributed by atoms with van der Waals surface area (Å²) in [7, 11) is 0. The van der Waals surface area contributed by atoms with Gasteiger partial charge in [0.2, 0.25) is 0 Å². The largest absolute Gasteiger partial charge is 0.761 e. The van der Waals surface area contributed by atoms with Crippen molar-refractivity contribution in [3.8, 4) is 11.3 Å². The molecule has 1 saturated carbocycles. The molecule has 0 spiro atoms. The molecule has 26 heavy (non-hydrogen) atoms. The van der Waals surface area contributed by atoms with Crippen molar-refractivity contribution in [2.24, 2.45) is 5.92 Å². The van der Waals surface area contributed by atoms with Crippen LogP contribution in [0.4, 0.5) is 5.69 Å². The Morgan fingerprint density at radius 2 is 2.08 bits per heavy atom. The van der Waals surface area contributed by atoms with Gasteiger partial charge < -0.3 is 10.7 Å². The summed E-state index contributed by atoms with van der Waals surface area (Å²) in [5.74, 6) is 1.56. The van der Waals surface area contributed by atoms with Gasteiger partial charge in [0.05, 0.1) is 0 Å². The Hall–Kier alpha value is -3.06. The van der Waals surface area contributed by atoms with Crippen molar-refractivity contribution in [1.29, 1.82) is 0 Å². The molecular formula is C19H17N6O-. The number of aromatic nitrogens is 5. The monoisotopic (exact) mass is 345 g/mol. The summed E-state index contributed by atoms with van der Waals surface area (Å²) in [5, 5.41) is 25.6. The second-order valence-corrected chi connectivity index (χ2v) is 6.78. The number of hydrogen-bond donors (Lipinski definition) is 1. The Morgan fingerprint density at radius 3 is 2.88 bits per heavy atom. The van der Waals surface area contributed by atoms with Gasteiger partial charge in [-0.1, -0.05) is 31.4 Å². The number of nitrogens with one attached hydrogen (secondary N) is 1. The van der Waals surface area contributed by atoms with Crippen molar-refractivity contribution < 1.29 is 0 Å². The van der Waals surface area contributed by atoms with Gasteiger partial charge in [-0.15, -0.1) is 10.2 Å². The number of rotatable bonds is 4. The Labute approximate surface area is 149 Å². The molecular weight excluding hydrogens is 328 g/mol. The fraction of sp³-hybridized carbons (Fsp3) is 0.263. The molecule has 1 aromatic carbocycles. The topological polar surface area (TPSA) is 91.1 Å². The first kappa shape index (κ1) is 15.2. The van der Waals surface area contributed by atoms with E-state index in [1.807, 2.05) is 34.3 Å². The van der Waals surface area contributed by atoms with Crippen LogP contribution >= 0.6 is 0 Å². The van der Waals surface area contributed by atoms with Gasteiger partial charge in [-0.05, 0) is 30.2 Å². The molecule has 7 heteroatoms. The fourth-order valence-electron chi connectivity index (χ4n) is 3.51. The van der Waals surface area contributed by atoms with Crippen LogP contribution in [0.3, 0.4) is 0 Å². The predicted octanol–water partition coefficient (Wildman–Crippen LogP) is 3.59. The third-order valence-corrected chi connectivity index (χ3v) is 5.13. The maximum atomic E-state index is 11.1. The molecule has 1 aliphatic carbocycles. The summed E-state index contributed by atoms with van der Waals surface area (Å²) < 4.78 is 1.84. The van der Waals surface area contributed by atoms with E-state index in [1.54, 1.807) is 18.3 Å². The van der Waals surface area contributed by atoms with Crippen molar-refractivity contribution in [3.63, 3.8) is 0 Å². The highest BCUT2D eigenvalue weighted by Gasteiger charge is 2.22. The average Bonchev–Trinajstić information content (AvgIpc) is 3.07. The molecule has 3 aromatic heterocycles. The molecule has 0 bridgehead atoms. The zero-order valence-electron chi connectivity index (χ0n) is 14.1. The van der Waals surface area contributed by atoms with E-state index in [2.05, 4.69) is 15.2 Å². The van der Waals surface area contributed by atoms with Gasteiger partial charge in [-0.2, -0.15) is 9.61 Å². The standard InChI is InChI=1S/C19H17N6O/c26-24-14-7-2-6-13(11-14)17-18-15(8-3-9-20-18)19-22-21-16(25(19)23-17)10-12-4-1-5-12/h2-3,6-9,11-12,24H,1,4-5,10H2/q-1. The smallest absolute Gasteiger partial charge is 0.187 e. The highest BCUT2D eigenvalue weighted by Crippen LogP contribution is 2.32. The third-order valence-electron chi connectivity index (χ3n) is 5.13. The first-order valence-corrected chi connectivity index (χ1v) is 8.81. The van der Waals surface area contributed by atoms with Gasteiger partial charge in [-0.3, -0.25) is 4.98 Å². The minimum absolute atomic E-state index is 0.493. The lowest BCUT2D eigenvalue weighted by atomic mass is 9.83. The van der Waals surface area contributed by atoms with Crippen molar-refractivity contribution >= 4 is 22.2 Å². The second-order valence-electron chi connectivity index (χ2n) is 6.78. The quantitative estimate of drug-likeness (QED) is 0.568. The molecule has 1 fully saturated rings. The SMILES string of the molecule is [O-]Nc1cccc(-c2nn3c(CC4CCC4)nnc3c3cccnc23)c1. The van der Waals surface area contributed by atoms with Crippen molar-refractivity contribution in [2.75, 3.05) is 5.48 Å². The molecule has 0 aliphatic heterocycles. The second kappa shape index (κ2) is 6.03. The maximum absolute atomic E-state index is 11.1. The molecule has 5 rings (SSSR count). The summed E-state index contributed by atoms with van der Waals surface area (Å²) in [6.45, 7) is 0. The molecule has 0 atom stereocenters. The van der Waals surface area contributed by atoms with E-state index in [1.165, 1.54) is 19.3 Å². The molecule has 130 valence electrons. The lowest BCUT2D eigenvalue weighted by Gasteiger charge is -2.24. The molecule has 0 unspecified atom stereocenters. The summed E-state index contributed by atoms with van der Waals surface area (Å²) >= 11 is 0. The van der Waals surface area contributed by atoms with Gasteiger partial charge >= 0.3 is 0 Å². The minimum Gasteiger partial charge on any atom is -0.761 e. The van der Waals surface area contributed by atoms with E-state index in [0.29, 0.717) is 11.6 Å². The third kappa shape index (κ3) is 2.40. The molecule has 4 aromatic rings. The summed E-state index contributed by atoms with van der Waals surface area (Å²) in [6, 6.07) is 11.1. The first-order chi connectivity index (χ1) is 12.8. The Balaban J connectivity index is 1.75. The van der Waals surface area contributed by atoms with Crippen molar-refractivity contribution in [3.05, 3.63) is 53.6 Å². The molecule has 1 aliphatic rings. The number of fused-ring (bicyclic) bond motifs is 3. The van der Waals surface area contributed by atoms with Crippen LogP contribution in [0, 0.1) is 11.1 Å². The molecule has 0 radical (unpaired) electrons. The zero-order chi connectivity index (χ0) is 17.5. The predicted molar refractivity (Wildman–Crippen MR) is 99.6 cm³/mol. The summed E-state index contributed by atoms with van der Waals surface area (Å²) in [5.41, 5.74) is 5.47. The van der Waals surface area contributed by atoms with E-state index >= 15 is 0 Å². The fourth-order valence-corrected chi connectivity index (χ4v) is 3.51. The van der Waals surface area contributed by atoms with E-state index in [9.17, 15) is 5.21 Å². The molecule has 0 amide bonds. The van der Waals surface area contributed by atoms with Crippen molar-refractivity contribution in [2.45, 2.75) is 25.7 Å². The number of pyridine rings is 1. The molecule has 1 N–H and O–H groups in total. The van der Waals surface area contributed by atoms with Crippen LogP contribution in [0.2, 0.25) is 0 Å². The number of benzene rings is 1. The van der Waals surface area contributed by atoms with Crippen LogP contribution in [0.1, 0.15) is 25.1 Å². The zero-order valence-corrected chi connectivity index (χ0v) is 14.1. The van der Waals surface area contributed by atoms with E-state index in [4.69, 9.17) is 5.10 Å². The van der Waals surface area contributed by atoms with Crippen LogP contribution in [-0.4, -0.2) is 24.8 Å². The van der Waals surface area contributed by atoms with Crippen LogP contribution in [0.25, 0.3) is 27.8 Å². The number of anilines is 1. The number of nitrogens with zero attached hydrogens (tertiary/aromatic N) is 5. The molecule has 7 nitrogen and oxygen atoms in total. The lowest BCUT2D eigenvalue weighted by molar-refractivity contribution is 0.307.